The van der Waals surface area contributed by atoms with Gasteiger partial charge in [-0.3, -0.25) is 0 Å². The molecule has 7 nitrogen and oxygen atoms in total. The van der Waals surface area contributed by atoms with E-state index in [-0.39, 0.29) is 23.0 Å². The van der Waals surface area contributed by atoms with Gasteiger partial charge in [0.25, 0.3) is 0 Å². The number of hydrogen-bond donors (Lipinski definition) is 0. The number of rotatable bonds is 3. The van der Waals surface area contributed by atoms with Gasteiger partial charge in [-0.15, -0.1) is 0 Å². The first-order valence-electron chi connectivity index (χ1n) is 12.9. The predicted octanol–water partition coefficient (Wildman–Crippen LogP) is 4.51. The van der Waals surface area contributed by atoms with E-state index in [1.165, 1.54) is 25.3 Å². The minimum atomic E-state index is -0.737. The molecule has 5 rings (SSSR count). The molecule has 1 aromatic carbocycles. The van der Waals surface area contributed by atoms with Crippen molar-refractivity contribution < 1.29 is 33.3 Å². The molecular weight excluding hydrogens is 448 g/mol. The molecule has 4 aliphatic rings. The van der Waals surface area contributed by atoms with Gasteiger partial charge in [-0.1, -0.05) is 6.92 Å². The second-order valence-corrected chi connectivity index (χ2v) is 11.7. The fourth-order valence-electron chi connectivity index (χ4n) is 7.18. The van der Waals surface area contributed by atoms with Crippen LogP contribution in [0.4, 0.5) is 0 Å². The van der Waals surface area contributed by atoms with Crippen molar-refractivity contribution in [3.8, 4) is 0 Å². The van der Waals surface area contributed by atoms with Crippen LogP contribution in [-0.2, 0) is 42.9 Å². The van der Waals surface area contributed by atoms with Gasteiger partial charge in [0.2, 0.25) is 0 Å². The summed E-state index contributed by atoms with van der Waals surface area (Å²) in [4.78, 5) is 26.7. The number of benzene rings is 1. The van der Waals surface area contributed by atoms with E-state index in [9.17, 15) is 9.59 Å². The second kappa shape index (κ2) is 8.56. The van der Waals surface area contributed by atoms with E-state index in [1.807, 2.05) is 0 Å². The molecule has 1 heterocycles. The van der Waals surface area contributed by atoms with Crippen LogP contribution in [0.1, 0.15) is 102 Å². The average Bonchev–Trinajstić information content (AvgIpc) is 3.40. The number of methoxy groups -OCH3 is 2. The maximum absolute atomic E-state index is 13.4. The number of carbonyl (C=O) groups excluding carboxylic acids is 2. The first-order chi connectivity index (χ1) is 16.5. The minimum Gasteiger partial charge on any atom is -0.465 e. The van der Waals surface area contributed by atoms with Crippen LogP contribution in [0.25, 0.3) is 0 Å². The Hall–Kier alpha value is -1.96. The highest BCUT2D eigenvalue weighted by Gasteiger charge is 2.54. The highest BCUT2D eigenvalue weighted by atomic mass is 16.7. The molecule has 0 bridgehead atoms. The molecule has 1 aromatic rings. The van der Waals surface area contributed by atoms with Crippen LogP contribution in [0.3, 0.4) is 0 Å². The fraction of sp³-hybridized carbons (Fsp3) is 0.714. The van der Waals surface area contributed by atoms with Gasteiger partial charge in [0.15, 0.2) is 5.79 Å². The van der Waals surface area contributed by atoms with Crippen LogP contribution < -0.4 is 0 Å². The molecule has 1 saturated carbocycles. The van der Waals surface area contributed by atoms with Crippen molar-refractivity contribution in [2.24, 2.45) is 5.41 Å². The Morgan fingerprint density at radius 2 is 1.51 bits per heavy atom. The highest BCUT2D eigenvalue weighted by molar-refractivity contribution is 6.06. The third kappa shape index (κ3) is 3.91. The number of carbonyl (C=O) groups is 2. The Morgan fingerprint density at radius 1 is 0.886 bits per heavy atom. The molecular formula is C28H38O7. The maximum atomic E-state index is 13.4. The molecule has 1 spiro atoms. The smallest absolute Gasteiger partial charge is 0.339 e. The number of hydrogen-bond acceptors (Lipinski definition) is 7. The summed E-state index contributed by atoms with van der Waals surface area (Å²) < 4.78 is 29.1. The molecule has 7 heteroatoms. The van der Waals surface area contributed by atoms with E-state index < -0.39 is 17.7 Å². The van der Waals surface area contributed by atoms with E-state index in [4.69, 9.17) is 23.7 Å². The Morgan fingerprint density at radius 3 is 2.14 bits per heavy atom. The average molecular weight is 487 g/mol. The van der Waals surface area contributed by atoms with Gasteiger partial charge in [-0.25, -0.2) is 9.59 Å². The molecule has 0 amide bonds. The summed E-state index contributed by atoms with van der Waals surface area (Å²) in [6.45, 7) is 9.64. The topological polar surface area (TPSA) is 80.3 Å². The number of ether oxygens (including phenoxy) is 5. The summed E-state index contributed by atoms with van der Waals surface area (Å²) in [7, 11) is 2.74. The summed E-state index contributed by atoms with van der Waals surface area (Å²) in [5.74, 6) is -1.62. The van der Waals surface area contributed by atoms with Gasteiger partial charge in [0, 0.05) is 18.3 Å². The first kappa shape index (κ1) is 24.7. The van der Waals surface area contributed by atoms with Crippen molar-refractivity contribution >= 4 is 11.9 Å². The Kier molecular flexibility index (Phi) is 6.05. The van der Waals surface area contributed by atoms with Crippen LogP contribution in [0.2, 0.25) is 0 Å². The molecule has 3 atom stereocenters. The maximum Gasteiger partial charge on any atom is 0.339 e. The summed E-state index contributed by atoms with van der Waals surface area (Å²) in [5.41, 5.74) is 4.50. The lowest BCUT2D eigenvalue weighted by atomic mass is 9.62. The summed E-state index contributed by atoms with van der Waals surface area (Å²) >= 11 is 0. The van der Waals surface area contributed by atoms with E-state index >= 15 is 0 Å². The van der Waals surface area contributed by atoms with Crippen molar-refractivity contribution in [3.63, 3.8) is 0 Å². The SMILES string of the molecule is COC(=O)c1c2c(c3c(c1C(=O)OC)[C@@H]1CC[C@H](OC(C)(C)C)[C@@]1(C)CC3)CCC1(C2)OCCO1. The monoisotopic (exact) mass is 486 g/mol. The Balaban J connectivity index is 1.72. The standard InChI is InChI=1S/C28H38O7/c1-26(2,3)35-20-8-7-19-21-17(9-11-27(19,20)4)16-10-12-28(33-13-14-34-28)15-18(16)22(24(29)31-5)23(21)25(30)32-6/h19-20H,7-15H2,1-6H3/t19-,20-,27-/m0/s1. The molecule has 0 N–H and O–H groups in total. The second-order valence-electron chi connectivity index (χ2n) is 11.7. The molecule has 1 aliphatic heterocycles. The predicted molar refractivity (Wildman–Crippen MR) is 129 cm³/mol. The van der Waals surface area contributed by atoms with Gasteiger partial charge in [-0.2, -0.15) is 0 Å². The van der Waals surface area contributed by atoms with Crippen molar-refractivity contribution in [2.45, 2.75) is 96.1 Å². The third-order valence-electron chi connectivity index (χ3n) is 8.68. The van der Waals surface area contributed by atoms with E-state index in [2.05, 4.69) is 27.7 Å². The Labute approximate surface area is 207 Å². The zero-order valence-electron chi connectivity index (χ0n) is 21.9. The zero-order chi connectivity index (χ0) is 25.2. The lowest BCUT2D eigenvalue weighted by molar-refractivity contribution is -0.163. The van der Waals surface area contributed by atoms with E-state index in [0.717, 1.165) is 49.7 Å². The number of fused-ring (bicyclic) bond motifs is 5. The lowest BCUT2D eigenvalue weighted by Gasteiger charge is -2.46. The molecule has 1 saturated heterocycles. The van der Waals surface area contributed by atoms with E-state index in [0.29, 0.717) is 30.8 Å². The quantitative estimate of drug-likeness (QED) is 0.582. The molecule has 0 radical (unpaired) electrons. The molecule has 0 unspecified atom stereocenters. The van der Waals surface area contributed by atoms with Crippen molar-refractivity contribution in [3.05, 3.63) is 33.4 Å². The van der Waals surface area contributed by atoms with Gasteiger partial charge < -0.3 is 23.7 Å². The molecule has 3 aliphatic carbocycles. The van der Waals surface area contributed by atoms with Gasteiger partial charge in [0.05, 0.1) is 50.3 Å². The van der Waals surface area contributed by atoms with Crippen LogP contribution in [0.5, 0.6) is 0 Å². The summed E-state index contributed by atoms with van der Waals surface area (Å²) in [6, 6.07) is 0. The molecule has 2 fully saturated rings. The molecule has 0 aromatic heterocycles. The van der Waals surface area contributed by atoms with Crippen molar-refractivity contribution in [2.75, 3.05) is 27.4 Å². The van der Waals surface area contributed by atoms with Gasteiger partial charge in [0.1, 0.15) is 0 Å². The van der Waals surface area contributed by atoms with Crippen LogP contribution in [0, 0.1) is 5.41 Å². The van der Waals surface area contributed by atoms with Crippen LogP contribution in [0.15, 0.2) is 0 Å². The zero-order valence-corrected chi connectivity index (χ0v) is 21.9. The molecule has 35 heavy (non-hydrogen) atoms. The van der Waals surface area contributed by atoms with Crippen LogP contribution >= 0.6 is 0 Å². The largest absolute Gasteiger partial charge is 0.465 e. The lowest BCUT2D eigenvalue weighted by Crippen LogP contribution is -2.43. The van der Waals surface area contributed by atoms with E-state index in [1.54, 1.807) is 0 Å². The van der Waals surface area contributed by atoms with Crippen molar-refractivity contribution in [1.29, 1.82) is 0 Å². The summed E-state index contributed by atoms with van der Waals surface area (Å²) in [5, 5.41) is 0. The number of esters is 2. The van der Waals surface area contributed by atoms with Crippen molar-refractivity contribution in [1.82, 2.24) is 0 Å². The van der Waals surface area contributed by atoms with Crippen LogP contribution in [-0.4, -0.2) is 56.9 Å². The van der Waals surface area contributed by atoms with Gasteiger partial charge in [-0.05, 0) is 81.0 Å². The Bertz CT molecular complexity index is 1050. The third-order valence-corrected chi connectivity index (χ3v) is 8.68. The molecule has 192 valence electrons. The normalized spacial score (nSPS) is 28.9. The van der Waals surface area contributed by atoms with Gasteiger partial charge >= 0.3 is 11.9 Å². The highest BCUT2D eigenvalue weighted by Crippen LogP contribution is 2.59. The summed E-state index contributed by atoms with van der Waals surface area (Å²) in [6.07, 6.45) is 5.66. The fourth-order valence-corrected chi connectivity index (χ4v) is 7.18. The minimum absolute atomic E-state index is 0.0901. The first-order valence-corrected chi connectivity index (χ1v) is 12.9.